The molecule has 3 nitrogen and oxygen atoms in total. The van der Waals surface area contributed by atoms with Gasteiger partial charge in [-0.25, -0.2) is 0 Å². The van der Waals surface area contributed by atoms with Crippen LogP contribution >= 0.6 is 0 Å². The first-order valence-electron chi connectivity index (χ1n) is 7.48. The van der Waals surface area contributed by atoms with Crippen molar-refractivity contribution in [3.63, 3.8) is 0 Å². The van der Waals surface area contributed by atoms with E-state index in [0.717, 1.165) is 12.8 Å². The van der Waals surface area contributed by atoms with E-state index in [1.807, 2.05) is 0 Å². The second kappa shape index (κ2) is 7.07. The van der Waals surface area contributed by atoms with Crippen molar-refractivity contribution in [3.05, 3.63) is 59.7 Å². The van der Waals surface area contributed by atoms with E-state index in [0.29, 0.717) is 6.42 Å². The van der Waals surface area contributed by atoms with Gasteiger partial charge in [-0.2, -0.15) is 8.42 Å². The summed E-state index contributed by atoms with van der Waals surface area (Å²) in [6.45, 7) is 3.61. The number of aryl methyl sites for hydroxylation is 2. The van der Waals surface area contributed by atoms with Crippen LogP contribution in [0.5, 0.6) is 0 Å². The van der Waals surface area contributed by atoms with Crippen molar-refractivity contribution in [1.29, 1.82) is 0 Å². The summed E-state index contributed by atoms with van der Waals surface area (Å²) in [7, 11) is -3.90. The number of hydrogen-bond donors (Lipinski definition) is 1. The van der Waals surface area contributed by atoms with Gasteiger partial charge in [-0.3, -0.25) is 4.55 Å². The molecule has 0 radical (unpaired) electrons. The molecule has 1 atom stereocenters. The minimum absolute atomic E-state index is 0.471. The van der Waals surface area contributed by atoms with Crippen LogP contribution < -0.4 is 0 Å². The van der Waals surface area contributed by atoms with Crippen LogP contribution in [0, 0.1) is 6.92 Å². The third-order valence-electron chi connectivity index (χ3n) is 3.92. The minimum Gasteiger partial charge on any atom is -0.285 e. The highest BCUT2D eigenvalue weighted by atomic mass is 32.2. The Morgan fingerprint density at radius 2 is 1.45 bits per heavy atom. The quantitative estimate of drug-likeness (QED) is 0.810. The van der Waals surface area contributed by atoms with Crippen LogP contribution in [0.15, 0.2) is 48.5 Å². The monoisotopic (exact) mass is 318 g/mol. The molecule has 2 rings (SSSR count). The standard InChI is InChI=1S/C18H22O3S/c1-14-6-10-17(11-7-14)18-12-8-16(9-13-18)5-3-4-15(2)22(19,20)21/h6-13,15H,3-5H2,1-2H3,(H,19,20,21). The molecule has 1 N–H and O–H groups in total. The Morgan fingerprint density at radius 1 is 0.955 bits per heavy atom. The van der Waals surface area contributed by atoms with Gasteiger partial charge >= 0.3 is 0 Å². The lowest BCUT2D eigenvalue weighted by Crippen LogP contribution is -2.16. The van der Waals surface area contributed by atoms with Crippen LogP contribution in [0.25, 0.3) is 11.1 Å². The summed E-state index contributed by atoms with van der Waals surface area (Å²) >= 11 is 0. The molecule has 2 aromatic carbocycles. The molecule has 0 bridgehead atoms. The lowest BCUT2D eigenvalue weighted by molar-refractivity contribution is 0.464. The van der Waals surface area contributed by atoms with E-state index < -0.39 is 15.4 Å². The summed E-state index contributed by atoms with van der Waals surface area (Å²) in [6.07, 6.45) is 2.03. The SMILES string of the molecule is Cc1ccc(-c2ccc(CCCC(C)S(=O)(=O)O)cc2)cc1. The molecule has 0 aliphatic carbocycles. The van der Waals surface area contributed by atoms with Gasteiger partial charge in [-0.1, -0.05) is 54.1 Å². The Kier molecular flexibility index (Phi) is 5.37. The van der Waals surface area contributed by atoms with Gasteiger partial charge in [0.1, 0.15) is 0 Å². The highest BCUT2D eigenvalue weighted by Crippen LogP contribution is 2.21. The predicted octanol–water partition coefficient (Wildman–Crippen LogP) is 4.26. The number of hydrogen-bond acceptors (Lipinski definition) is 2. The molecule has 118 valence electrons. The lowest BCUT2D eigenvalue weighted by atomic mass is 10.0. The van der Waals surface area contributed by atoms with Gasteiger partial charge in [0.05, 0.1) is 5.25 Å². The van der Waals surface area contributed by atoms with Crippen molar-refractivity contribution in [3.8, 4) is 11.1 Å². The summed E-state index contributed by atoms with van der Waals surface area (Å²) in [5, 5.41) is -0.695. The molecule has 0 saturated carbocycles. The topological polar surface area (TPSA) is 54.4 Å². The summed E-state index contributed by atoms with van der Waals surface area (Å²) in [5.74, 6) is 0. The number of rotatable bonds is 6. The second-order valence-corrected chi connectivity index (χ2v) is 7.62. The van der Waals surface area contributed by atoms with Crippen molar-refractivity contribution in [1.82, 2.24) is 0 Å². The zero-order valence-corrected chi connectivity index (χ0v) is 13.8. The molecule has 0 saturated heterocycles. The third-order valence-corrected chi connectivity index (χ3v) is 5.18. The largest absolute Gasteiger partial charge is 0.285 e. The highest BCUT2D eigenvalue weighted by Gasteiger charge is 2.16. The maximum Gasteiger partial charge on any atom is 0.267 e. The van der Waals surface area contributed by atoms with Crippen LogP contribution in [-0.4, -0.2) is 18.2 Å². The molecule has 2 aromatic rings. The molecule has 0 heterocycles. The zero-order chi connectivity index (χ0) is 16.2. The first-order valence-corrected chi connectivity index (χ1v) is 8.99. The van der Waals surface area contributed by atoms with Crippen LogP contribution in [0.3, 0.4) is 0 Å². The maximum atomic E-state index is 11.0. The van der Waals surface area contributed by atoms with Crippen molar-refractivity contribution in [2.45, 2.75) is 38.4 Å². The van der Waals surface area contributed by atoms with E-state index in [2.05, 4.69) is 55.5 Å². The molecule has 0 spiro atoms. The zero-order valence-electron chi connectivity index (χ0n) is 13.0. The molecule has 0 amide bonds. The summed E-state index contributed by atoms with van der Waals surface area (Å²) in [6, 6.07) is 16.7. The molecule has 0 aliphatic rings. The van der Waals surface area contributed by atoms with Crippen LogP contribution in [0.4, 0.5) is 0 Å². The molecule has 0 fully saturated rings. The molecule has 4 heteroatoms. The summed E-state index contributed by atoms with van der Waals surface area (Å²) in [4.78, 5) is 0. The molecular formula is C18H22O3S. The van der Waals surface area contributed by atoms with Crippen molar-refractivity contribution in [2.75, 3.05) is 0 Å². The Labute approximate surface area is 132 Å². The minimum atomic E-state index is -3.90. The van der Waals surface area contributed by atoms with E-state index in [4.69, 9.17) is 4.55 Å². The smallest absolute Gasteiger partial charge is 0.267 e. The maximum absolute atomic E-state index is 11.0. The van der Waals surface area contributed by atoms with Crippen LogP contribution in [-0.2, 0) is 16.5 Å². The summed E-state index contributed by atoms with van der Waals surface area (Å²) < 4.78 is 30.8. The van der Waals surface area contributed by atoms with E-state index >= 15 is 0 Å². The van der Waals surface area contributed by atoms with Gasteiger partial charge in [0.2, 0.25) is 0 Å². The van der Waals surface area contributed by atoms with E-state index in [-0.39, 0.29) is 0 Å². The van der Waals surface area contributed by atoms with Gasteiger partial charge in [0, 0.05) is 0 Å². The Hall–Kier alpha value is -1.65. The average Bonchev–Trinajstić information content (AvgIpc) is 2.48. The Balaban J connectivity index is 1.94. The van der Waals surface area contributed by atoms with Crippen LogP contribution in [0.2, 0.25) is 0 Å². The third kappa shape index (κ3) is 4.68. The fourth-order valence-corrected chi connectivity index (χ4v) is 2.82. The Morgan fingerprint density at radius 3 is 1.95 bits per heavy atom. The van der Waals surface area contributed by atoms with Gasteiger partial charge in [-0.05, 0) is 49.8 Å². The van der Waals surface area contributed by atoms with Crippen LogP contribution in [0.1, 0.15) is 30.9 Å². The van der Waals surface area contributed by atoms with Crippen molar-refractivity contribution >= 4 is 10.1 Å². The fraction of sp³-hybridized carbons (Fsp3) is 0.333. The van der Waals surface area contributed by atoms with E-state index in [9.17, 15) is 8.42 Å². The van der Waals surface area contributed by atoms with Gasteiger partial charge in [0.15, 0.2) is 0 Å². The molecule has 1 unspecified atom stereocenters. The first kappa shape index (κ1) is 16.7. The average molecular weight is 318 g/mol. The van der Waals surface area contributed by atoms with Crippen molar-refractivity contribution in [2.24, 2.45) is 0 Å². The van der Waals surface area contributed by atoms with E-state index in [1.54, 1.807) is 0 Å². The number of benzene rings is 2. The highest BCUT2D eigenvalue weighted by molar-refractivity contribution is 7.86. The van der Waals surface area contributed by atoms with Gasteiger partial charge in [0.25, 0.3) is 10.1 Å². The van der Waals surface area contributed by atoms with Crippen molar-refractivity contribution < 1.29 is 13.0 Å². The molecular weight excluding hydrogens is 296 g/mol. The molecule has 22 heavy (non-hydrogen) atoms. The Bertz CT molecular complexity index is 701. The second-order valence-electron chi connectivity index (χ2n) is 5.78. The van der Waals surface area contributed by atoms with E-state index in [1.165, 1.54) is 29.2 Å². The van der Waals surface area contributed by atoms with Gasteiger partial charge < -0.3 is 0 Å². The lowest BCUT2D eigenvalue weighted by Gasteiger charge is -2.08. The molecule has 0 aromatic heterocycles. The normalized spacial score (nSPS) is 13.0. The predicted molar refractivity (Wildman–Crippen MR) is 90.6 cm³/mol. The molecule has 0 aliphatic heterocycles. The van der Waals surface area contributed by atoms with Gasteiger partial charge in [-0.15, -0.1) is 0 Å². The summed E-state index contributed by atoms with van der Waals surface area (Å²) in [5.41, 5.74) is 4.79. The fourth-order valence-electron chi connectivity index (χ4n) is 2.35. The first-order chi connectivity index (χ1) is 10.4.